The van der Waals surface area contributed by atoms with Crippen LogP contribution >= 0.6 is 0 Å². The Morgan fingerprint density at radius 2 is 1.24 bits per heavy atom. The molecular weight excluding hydrogens is 284 g/mol. The van der Waals surface area contributed by atoms with Crippen LogP contribution in [0.15, 0.2) is 6.07 Å². The van der Waals surface area contributed by atoms with E-state index in [2.05, 4.69) is 0 Å². The number of benzene rings is 1. The highest BCUT2D eigenvalue weighted by Crippen LogP contribution is 2.49. The third-order valence-corrected chi connectivity index (χ3v) is 2.41. The number of rotatable bonds is 8. The van der Waals surface area contributed by atoms with Gasteiger partial charge in [0, 0.05) is 6.07 Å². The Morgan fingerprint density at radius 1 is 0.857 bits per heavy atom. The second-order valence-corrected chi connectivity index (χ2v) is 3.71. The maximum atomic E-state index is 11.2. The summed E-state index contributed by atoms with van der Waals surface area (Å²) in [5.74, 6) is -0.707. The molecule has 1 aromatic rings. The van der Waals surface area contributed by atoms with Crippen LogP contribution in [0.2, 0.25) is 0 Å². The van der Waals surface area contributed by atoms with Gasteiger partial charge in [-0.2, -0.15) is 0 Å². The van der Waals surface area contributed by atoms with E-state index in [1.165, 1.54) is 0 Å². The van der Waals surface area contributed by atoms with Gasteiger partial charge in [-0.25, -0.2) is 0 Å². The SMILES string of the molecule is CCOc1cc(OCC)c([N+](=O)[O-])c(OCC)c1[N+](=O)[O-]. The quantitative estimate of drug-likeness (QED) is 0.535. The second kappa shape index (κ2) is 7.27. The summed E-state index contributed by atoms with van der Waals surface area (Å²) in [5.41, 5.74) is -1.15. The zero-order valence-corrected chi connectivity index (χ0v) is 12.0. The third-order valence-electron chi connectivity index (χ3n) is 2.41. The van der Waals surface area contributed by atoms with E-state index >= 15 is 0 Å². The summed E-state index contributed by atoms with van der Waals surface area (Å²) in [6.07, 6.45) is 0. The molecule has 0 radical (unpaired) electrons. The van der Waals surface area contributed by atoms with Crippen LogP contribution in [-0.2, 0) is 0 Å². The van der Waals surface area contributed by atoms with Crippen LogP contribution in [0, 0.1) is 20.2 Å². The molecule has 116 valence electrons. The topological polar surface area (TPSA) is 114 Å². The average Bonchev–Trinajstić information content (AvgIpc) is 2.38. The summed E-state index contributed by atoms with van der Waals surface area (Å²) < 4.78 is 15.5. The molecular formula is C12H16N2O7. The molecule has 0 aliphatic carbocycles. The molecule has 1 aromatic carbocycles. The summed E-state index contributed by atoms with van der Waals surface area (Å²) >= 11 is 0. The number of hydrogen-bond donors (Lipinski definition) is 0. The van der Waals surface area contributed by atoms with Gasteiger partial charge >= 0.3 is 11.4 Å². The smallest absolute Gasteiger partial charge is 0.359 e. The maximum absolute atomic E-state index is 11.2. The van der Waals surface area contributed by atoms with Crippen LogP contribution in [0.1, 0.15) is 20.8 Å². The highest BCUT2D eigenvalue weighted by Gasteiger charge is 2.36. The van der Waals surface area contributed by atoms with Crippen molar-refractivity contribution in [1.29, 1.82) is 0 Å². The molecule has 0 amide bonds. The van der Waals surface area contributed by atoms with Crippen molar-refractivity contribution in [3.8, 4) is 17.2 Å². The van der Waals surface area contributed by atoms with E-state index in [4.69, 9.17) is 14.2 Å². The van der Waals surface area contributed by atoms with Gasteiger partial charge in [0.25, 0.3) is 5.75 Å². The lowest BCUT2D eigenvalue weighted by Crippen LogP contribution is -2.07. The van der Waals surface area contributed by atoms with Gasteiger partial charge < -0.3 is 14.2 Å². The number of nitro benzene ring substituents is 2. The molecule has 0 spiro atoms. The van der Waals surface area contributed by atoms with Gasteiger partial charge in [0.2, 0.25) is 11.5 Å². The van der Waals surface area contributed by atoms with E-state index in [9.17, 15) is 20.2 Å². The van der Waals surface area contributed by atoms with E-state index in [1.807, 2.05) is 0 Å². The number of nitrogens with zero attached hydrogens (tertiary/aromatic N) is 2. The van der Waals surface area contributed by atoms with Crippen molar-refractivity contribution < 1.29 is 24.1 Å². The molecule has 0 saturated carbocycles. The largest absolute Gasteiger partial charge is 0.487 e. The molecule has 9 heteroatoms. The molecule has 0 saturated heterocycles. The van der Waals surface area contributed by atoms with E-state index in [1.54, 1.807) is 20.8 Å². The molecule has 0 N–H and O–H groups in total. The molecule has 0 bridgehead atoms. The highest BCUT2D eigenvalue weighted by atomic mass is 16.6. The summed E-state index contributed by atoms with van der Waals surface area (Å²) in [5, 5.41) is 22.4. The van der Waals surface area contributed by atoms with Crippen molar-refractivity contribution >= 4 is 11.4 Å². The Bertz CT molecular complexity index is 503. The fourth-order valence-corrected chi connectivity index (χ4v) is 1.75. The molecule has 0 fully saturated rings. The molecule has 9 nitrogen and oxygen atoms in total. The predicted molar refractivity (Wildman–Crippen MR) is 73.3 cm³/mol. The van der Waals surface area contributed by atoms with Crippen LogP contribution in [0.4, 0.5) is 11.4 Å². The third kappa shape index (κ3) is 3.50. The van der Waals surface area contributed by atoms with Crippen LogP contribution in [-0.4, -0.2) is 29.7 Å². The lowest BCUT2D eigenvalue weighted by molar-refractivity contribution is -0.397. The first-order valence-electron chi connectivity index (χ1n) is 6.35. The molecule has 0 aliphatic heterocycles. The van der Waals surface area contributed by atoms with Gasteiger partial charge in [0.05, 0.1) is 29.7 Å². The molecule has 0 heterocycles. The van der Waals surface area contributed by atoms with Gasteiger partial charge in [-0.3, -0.25) is 20.2 Å². The Balaban J connectivity index is 3.69. The van der Waals surface area contributed by atoms with Gasteiger partial charge in [0.15, 0.2) is 0 Å². The van der Waals surface area contributed by atoms with Gasteiger partial charge in [-0.15, -0.1) is 0 Å². The van der Waals surface area contributed by atoms with Crippen LogP contribution in [0.3, 0.4) is 0 Å². The molecule has 0 aliphatic rings. The summed E-state index contributed by atoms with van der Waals surface area (Å²) in [6, 6.07) is 1.14. The zero-order valence-electron chi connectivity index (χ0n) is 12.0. The van der Waals surface area contributed by atoms with Gasteiger partial charge in [-0.05, 0) is 20.8 Å². The van der Waals surface area contributed by atoms with Crippen molar-refractivity contribution in [1.82, 2.24) is 0 Å². The predicted octanol–water partition coefficient (Wildman–Crippen LogP) is 2.70. The first-order valence-corrected chi connectivity index (χ1v) is 6.35. The summed E-state index contributed by atoms with van der Waals surface area (Å²) in [6.45, 7) is 5.22. The van der Waals surface area contributed by atoms with E-state index in [0.717, 1.165) is 6.07 Å². The monoisotopic (exact) mass is 300 g/mol. The Labute approximate surface area is 120 Å². The fourth-order valence-electron chi connectivity index (χ4n) is 1.75. The first-order chi connectivity index (χ1) is 9.97. The second-order valence-electron chi connectivity index (χ2n) is 3.71. The number of hydrogen-bond acceptors (Lipinski definition) is 7. The van der Waals surface area contributed by atoms with Crippen LogP contribution in [0.25, 0.3) is 0 Å². The van der Waals surface area contributed by atoms with Crippen molar-refractivity contribution in [2.75, 3.05) is 19.8 Å². The van der Waals surface area contributed by atoms with E-state index < -0.39 is 27.0 Å². The lowest BCUT2D eigenvalue weighted by atomic mass is 10.2. The normalized spacial score (nSPS) is 10.0. The van der Waals surface area contributed by atoms with Gasteiger partial charge in [-0.1, -0.05) is 0 Å². The lowest BCUT2D eigenvalue weighted by Gasteiger charge is -2.12. The number of ether oxygens (including phenoxy) is 3. The van der Waals surface area contributed by atoms with Crippen molar-refractivity contribution in [3.05, 3.63) is 26.3 Å². The van der Waals surface area contributed by atoms with Crippen molar-refractivity contribution in [2.24, 2.45) is 0 Å². The summed E-state index contributed by atoms with van der Waals surface area (Å²) in [7, 11) is 0. The van der Waals surface area contributed by atoms with Crippen molar-refractivity contribution in [3.63, 3.8) is 0 Å². The number of nitro groups is 2. The van der Waals surface area contributed by atoms with Gasteiger partial charge in [0.1, 0.15) is 0 Å². The van der Waals surface area contributed by atoms with Crippen LogP contribution in [0.5, 0.6) is 17.2 Å². The first kappa shape index (κ1) is 16.5. The molecule has 21 heavy (non-hydrogen) atoms. The van der Waals surface area contributed by atoms with Crippen molar-refractivity contribution in [2.45, 2.75) is 20.8 Å². The summed E-state index contributed by atoms with van der Waals surface area (Å²) in [4.78, 5) is 20.9. The Kier molecular flexibility index (Phi) is 5.70. The zero-order chi connectivity index (χ0) is 16.0. The Hall–Kier alpha value is -2.58. The van der Waals surface area contributed by atoms with E-state index in [0.29, 0.717) is 0 Å². The minimum atomic E-state index is -0.765. The molecule has 0 atom stereocenters. The molecule has 1 rings (SSSR count). The minimum absolute atomic E-state index is 0.0306. The minimum Gasteiger partial charge on any atom is -0.487 e. The molecule has 0 unspecified atom stereocenters. The Morgan fingerprint density at radius 3 is 1.52 bits per heavy atom. The highest BCUT2D eigenvalue weighted by molar-refractivity contribution is 5.73. The maximum Gasteiger partial charge on any atom is 0.359 e. The van der Waals surface area contributed by atoms with E-state index in [-0.39, 0.29) is 31.3 Å². The average molecular weight is 300 g/mol. The molecule has 0 aromatic heterocycles. The van der Waals surface area contributed by atoms with Crippen LogP contribution < -0.4 is 14.2 Å². The fraction of sp³-hybridized carbons (Fsp3) is 0.500. The standard InChI is InChI=1S/C12H16N2O7/c1-4-19-8-7-9(20-5-2)11(14(17)18)12(21-6-3)10(8)13(15)16/h7H,4-6H2,1-3H3.